The van der Waals surface area contributed by atoms with E-state index in [1.54, 1.807) is 6.92 Å². The Hall–Kier alpha value is -0.520. The summed E-state index contributed by atoms with van der Waals surface area (Å²) >= 11 is 0. The molecule has 0 aliphatic heterocycles. The molecule has 0 saturated heterocycles. The molecule has 2 N–H and O–H groups in total. The summed E-state index contributed by atoms with van der Waals surface area (Å²) < 4.78 is 0. The van der Waals surface area contributed by atoms with Crippen molar-refractivity contribution in [2.45, 2.75) is 45.8 Å². The van der Waals surface area contributed by atoms with Crippen molar-refractivity contribution in [3.05, 3.63) is 0 Å². The van der Waals surface area contributed by atoms with Gasteiger partial charge in [0.25, 0.3) is 0 Å². The highest BCUT2D eigenvalue weighted by Gasteiger charge is 2.15. The van der Waals surface area contributed by atoms with Gasteiger partial charge in [-0.05, 0) is 12.3 Å². The van der Waals surface area contributed by atoms with Gasteiger partial charge in [0.1, 0.15) is 0 Å². The van der Waals surface area contributed by atoms with Crippen LogP contribution in [0.5, 0.6) is 0 Å². The van der Waals surface area contributed by atoms with Crippen LogP contribution in [0.4, 0.5) is 0 Å². The van der Waals surface area contributed by atoms with Crippen molar-refractivity contribution >= 4 is 0 Å². The molecule has 2 heteroatoms. The summed E-state index contributed by atoms with van der Waals surface area (Å²) in [6.45, 7) is 5.77. The average molecular weight is 170 g/mol. The van der Waals surface area contributed by atoms with Crippen LogP contribution in [0.3, 0.4) is 0 Å². The minimum absolute atomic E-state index is 0.249. The molecule has 0 amide bonds. The molecule has 0 aliphatic rings. The van der Waals surface area contributed by atoms with Gasteiger partial charge in [0.15, 0.2) is 0 Å². The van der Waals surface area contributed by atoms with Crippen LogP contribution in [-0.4, -0.2) is 16.0 Å². The van der Waals surface area contributed by atoms with Crippen LogP contribution < -0.4 is 0 Å². The van der Waals surface area contributed by atoms with E-state index < -0.39 is 5.79 Å². The number of hydrogen-bond donors (Lipinski definition) is 2. The highest BCUT2D eigenvalue weighted by molar-refractivity contribution is 5.10. The maximum atomic E-state index is 9.12. The summed E-state index contributed by atoms with van der Waals surface area (Å²) in [5, 5.41) is 18.2. The summed E-state index contributed by atoms with van der Waals surface area (Å²) in [5.41, 5.74) is 0. The minimum Gasteiger partial charge on any atom is -0.356 e. The Kier molecular flexibility index (Phi) is 4.96. The first-order chi connectivity index (χ1) is 5.52. The predicted molar refractivity (Wildman–Crippen MR) is 49.3 cm³/mol. The Balaban J connectivity index is 4.01. The largest absolute Gasteiger partial charge is 0.356 e. The molecular weight excluding hydrogens is 152 g/mol. The van der Waals surface area contributed by atoms with E-state index >= 15 is 0 Å². The molecule has 0 fully saturated rings. The first-order valence-electron chi connectivity index (χ1n) is 4.49. The third kappa shape index (κ3) is 5.17. The predicted octanol–water partition coefficient (Wildman–Crippen LogP) is 1.52. The van der Waals surface area contributed by atoms with Gasteiger partial charge < -0.3 is 10.2 Å². The molecule has 0 radical (unpaired) electrons. The number of aliphatic hydroxyl groups is 2. The number of hydrogen-bond acceptors (Lipinski definition) is 2. The van der Waals surface area contributed by atoms with E-state index in [0.717, 1.165) is 12.8 Å². The second kappa shape index (κ2) is 5.18. The van der Waals surface area contributed by atoms with Gasteiger partial charge in [-0.25, -0.2) is 0 Å². The summed E-state index contributed by atoms with van der Waals surface area (Å²) in [6.07, 6.45) is 2.33. The van der Waals surface area contributed by atoms with Gasteiger partial charge in [0, 0.05) is 12.3 Å². The highest BCUT2D eigenvalue weighted by Crippen LogP contribution is 2.06. The maximum absolute atomic E-state index is 9.12. The molecular formula is C10H18O2. The van der Waals surface area contributed by atoms with Crippen LogP contribution in [0, 0.1) is 17.8 Å². The SMILES string of the molecule is CCCC(C)C#CC(O)(O)CC. The third-order valence-electron chi connectivity index (χ3n) is 1.73. The summed E-state index contributed by atoms with van der Waals surface area (Å²) in [6, 6.07) is 0. The molecule has 0 aromatic carbocycles. The quantitative estimate of drug-likeness (QED) is 0.498. The summed E-state index contributed by atoms with van der Waals surface area (Å²) in [7, 11) is 0. The second-order valence-electron chi connectivity index (χ2n) is 3.13. The van der Waals surface area contributed by atoms with Crippen LogP contribution in [0.25, 0.3) is 0 Å². The monoisotopic (exact) mass is 170 g/mol. The second-order valence-corrected chi connectivity index (χ2v) is 3.13. The van der Waals surface area contributed by atoms with Crippen molar-refractivity contribution in [3.63, 3.8) is 0 Å². The molecule has 0 aromatic heterocycles. The lowest BCUT2D eigenvalue weighted by atomic mass is 10.1. The lowest BCUT2D eigenvalue weighted by molar-refractivity contribution is -0.110. The van der Waals surface area contributed by atoms with Gasteiger partial charge in [0.2, 0.25) is 5.79 Å². The van der Waals surface area contributed by atoms with E-state index in [9.17, 15) is 0 Å². The van der Waals surface area contributed by atoms with Crippen LogP contribution in [0.15, 0.2) is 0 Å². The van der Waals surface area contributed by atoms with E-state index in [-0.39, 0.29) is 12.3 Å². The minimum atomic E-state index is -1.79. The number of rotatable bonds is 3. The van der Waals surface area contributed by atoms with Crippen molar-refractivity contribution in [1.82, 2.24) is 0 Å². The maximum Gasteiger partial charge on any atom is 0.228 e. The van der Waals surface area contributed by atoms with Crippen LogP contribution in [0.2, 0.25) is 0 Å². The Morgan fingerprint density at radius 2 is 1.92 bits per heavy atom. The van der Waals surface area contributed by atoms with E-state index in [2.05, 4.69) is 18.8 Å². The van der Waals surface area contributed by atoms with Gasteiger partial charge in [-0.1, -0.05) is 33.1 Å². The molecule has 0 rings (SSSR count). The molecule has 70 valence electrons. The first kappa shape index (κ1) is 11.5. The summed E-state index contributed by atoms with van der Waals surface area (Å²) in [4.78, 5) is 0. The molecule has 1 unspecified atom stereocenters. The zero-order valence-corrected chi connectivity index (χ0v) is 8.09. The normalized spacial score (nSPS) is 13.4. The van der Waals surface area contributed by atoms with E-state index in [1.807, 2.05) is 6.92 Å². The van der Waals surface area contributed by atoms with Gasteiger partial charge in [-0.15, -0.1) is 0 Å². The Bertz CT molecular complexity index is 174. The standard InChI is InChI=1S/C10H18O2/c1-4-6-9(3)7-8-10(11,12)5-2/h9,11-12H,4-6H2,1-3H3. The molecule has 0 spiro atoms. The molecule has 0 bridgehead atoms. The topological polar surface area (TPSA) is 40.5 Å². The lowest BCUT2D eigenvalue weighted by Gasteiger charge is -2.11. The van der Waals surface area contributed by atoms with Crippen molar-refractivity contribution < 1.29 is 10.2 Å². The highest BCUT2D eigenvalue weighted by atomic mass is 16.5. The molecule has 1 atom stereocenters. The smallest absolute Gasteiger partial charge is 0.228 e. The van der Waals surface area contributed by atoms with Crippen LogP contribution in [0.1, 0.15) is 40.0 Å². The fourth-order valence-electron chi connectivity index (χ4n) is 0.832. The zero-order valence-electron chi connectivity index (χ0n) is 8.09. The van der Waals surface area contributed by atoms with Crippen LogP contribution in [-0.2, 0) is 0 Å². The van der Waals surface area contributed by atoms with E-state index in [0.29, 0.717) is 0 Å². The Labute approximate surface area is 74.6 Å². The third-order valence-corrected chi connectivity index (χ3v) is 1.73. The van der Waals surface area contributed by atoms with Gasteiger partial charge in [0.05, 0.1) is 0 Å². The Morgan fingerprint density at radius 1 is 1.33 bits per heavy atom. The fraction of sp³-hybridized carbons (Fsp3) is 0.800. The van der Waals surface area contributed by atoms with Gasteiger partial charge in [-0.2, -0.15) is 0 Å². The fourth-order valence-corrected chi connectivity index (χ4v) is 0.832. The van der Waals surface area contributed by atoms with E-state index in [4.69, 9.17) is 10.2 Å². The van der Waals surface area contributed by atoms with Crippen molar-refractivity contribution in [2.24, 2.45) is 5.92 Å². The lowest BCUT2D eigenvalue weighted by Crippen LogP contribution is -2.24. The Morgan fingerprint density at radius 3 is 2.33 bits per heavy atom. The van der Waals surface area contributed by atoms with Crippen molar-refractivity contribution in [3.8, 4) is 11.8 Å². The van der Waals surface area contributed by atoms with Crippen LogP contribution >= 0.6 is 0 Å². The van der Waals surface area contributed by atoms with Crippen molar-refractivity contribution in [2.75, 3.05) is 0 Å². The zero-order chi connectivity index (χ0) is 9.61. The average Bonchev–Trinajstić information content (AvgIpc) is 2.02. The van der Waals surface area contributed by atoms with Gasteiger partial charge in [-0.3, -0.25) is 0 Å². The van der Waals surface area contributed by atoms with Crippen molar-refractivity contribution in [1.29, 1.82) is 0 Å². The first-order valence-corrected chi connectivity index (χ1v) is 4.49. The summed E-state index contributed by atoms with van der Waals surface area (Å²) in [5.74, 6) is 3.74. The molecule has 12 heavy (non-hydrogen) atoms. The molecule has 0 aliphatic carbocycles. The van der Waals surface area contributed by atoms with Gasteiger partial charge >= 0.3 is 0 Å². The molecule has 2 nitrogen and oxygen atoms in total. The molecule has 0 saturated carbocycles. The molecule has 0 aromatic rings. The van der Waals surface area contributed by atoms with E-state index in [1.165, 1.54) is 0 Å². The molecule has 0 heterocycles.